The van der Waals surface area contributed by atoms with Crippen LogP contribution in [0.4, 0.5) is 30.6 Å². The van der Waals surface area contributed by atoms with Gasteiger partial charge in [-0.15, -0.1) is 0 Å². The number of hydrogen-bond donors (Lipinski definition) is 3. The maximum atomic E-state index is 13.2. The van der Waals surface area contributed by atoms with E-state index in [0.29, 0.717) is 75.8 Å². The van der Waals surface area contributed by atoms with Crippen LogP contribution in [-0.2, 0) is 20.4 Å². The van der Waals surface area contributed by atoms with E-state index in [0.717, 1.165) is 18.6 Å². The standard InChI is InChI=1S/C30H44F3N7O5S/c1-29(2,25(20-41)34-3)46-17-16-45-15-14-44-13-12-39-8-10-40(11-9-39)27(42)21-6-7-23(24(18-21)43-5)37-28-36-19-22(30(31,32)33)26(35-4)38-28/h6-7,18-20,25,34H,8-17H2,1-5H3,(H2,35,36,37,38). The largest absolute Gasteiger partial charge is 0.495 e. The number of likely N-dealkylation sites (N-methyl/N-ethyl adjacent to an activating group) is 1. The van der Waals surface area contributed by atoms with Crippen LogP contribution in [0.1, 0.15) is 29.8 Å². The van der Waals surface area contributed by atoms with Crippen LogP contribution in [0, 0.1) is 0 Å². The number of piperazine rings is 1. The van der Waals surface area contributed by atoms with Crippen molar-refractivity contribution in [3.05, 3.63) is 35.5 Å². The minimum atomic E-state index is -4.60. The number of nitrogens with zero attached hydrogens (tertiary/aromatic N) is 4. The molecule has 1 amide bonds. The van der Waals surface area contributed by atoms with Crippen LogP contribution in [0.25, 0.3) is 0 Å². The number of amides is 1. The molecule has 3 N–H and O–H groups in total. The molecule has 0 spiro atoms. The molecule has 1 aromatic carbocycles. The quantitative estimate of drug-likeness (QED) is 0.159. The second-order valence-electron chi connectivity index (χ2n) is 11.0. The summed E-state index contributed by atoms with van der Waals surface area (Å²) in [6, 6.07) is 4.60. The van der Waals surface area contributed by atoms with Crippen molar-refractivity contribution in [3.8, 4) is 5.75 Å². The topological polar surface area (TPSA) is 130 Å². The maximum Gasteiger partial charge on any atom is 0.421 e. The second-order valence-corrected chi connectivity index (χ2v) is 12.7. The number of nitrogens with one attached hydrogen (secondary N) is 3. The fourth-order valence-electron chi connectivity index (χ4n) is 4.79. The first-order chi connectivity index (χ1) is 21.9. The summed E-state index contributed by atoms with van der Waals surface area (Å²) < 4.78 is 56.1. The van der Waals surface area contributed by atoms with Gasteiger partial charge in [0, 0.05) is 62.0 Å². The molecule has 12 nitrogen and oxygen atoms in total. The van der Waals surface area contributed by atoms with Gasteiger partial charge in [0.25, 0.3) is 5.91 Å². The van der Waals surface area contributed by atoms with Crippen LogP contribution in [0.3, 0.4) is 0 Å². The monoisotopic (exact) mass is 671 g/mol. The highest BCUT2D eigenvalue weighted by Crippen LogP contribution is 2.35. The Morgan fingerprint density at radius 2 is 1.78 bits per heavy atom. The Balaban J connectivity index is 1.38. The Morgan fingerprint density at radius 3 is 2.39 bits per heavy atom. The van der Waals surface area contributed by atoms with E-state index in [1.54, 1.807) is 41.9 Å². The summed E-state index contributed by atoms with van der Waals surface area (Å²) in [7, 11) is 4.56. The van der Waals surface area contributed by atoms with Crippen molar-refractivity contribution in [3.63, 3.8) is 0 Å². The summed E-state index contributed by atoms with van der Waals surface area (Å²) in [6.07, 6.45) is -2.96. The fourth-order valence-corrected chi connectivity index (χ4v) is 5.87. The molecule has 3 rings (SSSR count). The minimum absolute atomic E-state index is 0.0592. The predicted octanol–water partition coefficient (Wildman–Crippen LogP) is 3.38. The first-order valence-electron chi connectivity index (χ1n) is 14.9. The summed E-state index contributed by atoms with van der Waals surface area (Å²) in [6.45, 7) is 9.49. The van der Waals surface area contributed by atoms with Gasteiger partial charge in [0.2, 0.25) is 5.95 Å². The summed E-state index contributed by atoms with van der Waals surface area (Å²) in [4.78, 5) is 36.1. The fraction of sp³-hybridized carbons (Fsp3) is 0.600. The van der Waals surface area contributed by atoms with Crippen molar-refractivity contribution in [2.24, 2.45) is 0 Å². The van der Waals surface area contributed by atoms with E-state index in [2.05, 4.69) is 30.8 Å². The maximum absolute atomic E-state index is 13.2. The number of methoxy groups -OCH3 is 1. The smallest absolute Gasteiger partial charge is 0.421 e. The summed E-state index contributed by atoms with van der Waals surface area (Å²) in [5.74, 6) is 0.539. The molecular weight excluding hydrogens is 627 g/mol. The van der Waals surface area contributed by atoms with E-state index in [4.69, 9.17) is 14.2 Å². The van der Waals surface area contributed by atoms with Gasteiger partial charge in [-0.3, -0.25) is 9.69 Å². The molecular formula is C30H44F3N7O5S. The number of ether oxygens (including phenoxy) is 3. The molecule has 1 fully saturated rings. The van der Waals surface area contributed by atoms with Gasteiger partial charge in [-0.2, -0.15) is 29.9 Å². The van der Waals surface area contributed by atoms with Crippen LogP contribution >= 0.6 is 11.8 Å². The number of thioether (sulfide) groups is 1. The molecule has 1 aliphatic heterocycles. The molecule has 1 aliphatic rings. The van der Waals surface area contributed by atoms with Crippen molar-refractivity contribution < 1.29 is 37.0 Å². The molecule has 0 radical (unpaired) electrons. The molecule has 1 unspecified atom stereocenters. The van der Waals surface area contributed by atoms with E-state index >= 15 is 0 Å². The Kier molecular flexibility index (Phi) is 14.3. The number of aldehydes is 1. The number of halogens is 3. The summed E-state index contributed by atoms with van der Waals surface area (Å²) in [5.41, 5.74) is -0.152. The third kappa shape index (κ3) is 10.7. The Morgan fingerprint density at radius 1 is 1.09 bits per heavy atom. The lowest BCUT2D eigenvalue weighted by atomic mass is 10.1. The van der Waals surface area contributed by atoms with Gasteiger partial charge in [-0.1, -0.05) is 0 Å². The lowest BCUT2D eigenvalue weighted by Crippen LogP contribution is -2.49. The molecule has 256 valence electrons. The molecule has 46 heavy (non-hydrogen) atoms. The third-order valence-electron chi connectivity index (χ3n) is 7.51. The number of alkyl halides is 3. The molecule has 1 saturated heterocycles. The van der Waals surface area contributed by atoms with Gasteiger partial charge >= 0.3 is 6.18 Å². The number of carbonyl (C=O) groups is 2. The van der Waals surface area contributed by atoms with Gasteiger partial charge in [-0.05, 0) is 39.1 Å². The van der Waals surface area contributed by atoms with Crippen LogP contribution in [-0.4, -0.2) is 129 Å². The molecule has 2 aromatic rings. The van der Waals surface area contributed by atoms with E-state index in [1.165, 1.54) is 14.2 Å². The number of aromatic nitrogens is 2. The van der Waals surface area contributed by atoms with Crippen molar-refractivity contribution in [2.75, 3.05) is 96.7 Å². The number of carbonyl (C=O) groups excluding carboxylic acids is 2. The molecule has 1 aromatic heterocycles. The number of benzene rings is 1. The van der Waals surface area contributed by atoms with Crippen LogP contribution in [0.2, 0.25) is 0 Å². The van der Waals surface area contributed by atoms with Crippen molar-refractivity contribution in [1.29, 1.82) is 0 Å². The zero-order valence-electron chi connectivity index (χ0n) is 26.9. The van der Waals surface area contributed by atoms with Crippen LogP contribution in [0.5, 0.6) is 5.75 Å². The Hall–Kier alpha value is -3.18. The predicted molar refractivity (Wildman–Crippen MR) is 172 cm³/mol. The van der Waals surface area contributed by atoms with Gasteiger partial charge in [0.15, 0.2) is 0 Å². The zero-order valence-corrected chi connectivity index (χ0v) is 27.7. The highest BCUT2D eigenvalue weighted by atomic mass is 32.2. The van der Waals surface area contributed by atoms with E-state index in [-0.39, 0.29) is 28.5 Å². The minimum Gasteiger partial charge on any atom is -0.495 e. The normalized spacial score (nSPS) is 15.0. The zero-order chi connectivity index (χ0) is 33.7. The summed E-state index contributed by atoms with van der Waals surface area (Å²) >= 11 is 1.69. The first kappa shape index (κ1) is 37.3. The van der Waals surface area contributed by atoms with Crippen molar-refractivity contribution in [2.45, 2.75) is 30.8 Å². The van der Waals surface area contributed by atoms with Crippen molar-refractivity contribution in [1.82, 2.24) is 25.1 Å². The molecule has 16 heteroatoms. The first-order valence-corrected chi connectivity index (χ1v) is 15.9. The highest BCUT2D eigenvalue weighted by molar-refractivity contribution is 8.00. The van der Waals surface area contributed by atoms with E-state index in [9.17, 15) is 22.8 Å². The SMILES string of the molecule is CNc1nc(Nc2ccc(C(=O)N3CCN(CCOCCOCCSC(C)(C)C(C=O)NC)CC3)cc2OC)ncc1C(F)(F)F. The molecule has 1 atom stereocenters. The third-order valence-corrected chi connectivity index (χ3v) is 8.88. The van der Waals surface area contributed by atoms with E-state index < -0.39 is 11.7 Å². The van der Waals surface area contributed by atoms with Gasteiger partial charge < -0.3 is 39.9 Å². The van der Waals surface area contributed by atoms with Gasteiger partial charge in [0.1, 0.15) is 23.4 Å². The second kappa shape index (κ2) is 17.7. The highest BCUT2D eigenvalue weighted by Gasteiger charge is 2.35. The molecule has 0 aliphatic carbocycles. The number of hydrogen-bond acceptors (Lipinski definition) is 12. The average molecular weight is 672 g/mol. The van der Waals surface area contributed by atoms with Gasteiger partial charge in [-0.25, -0.2) is 4.98 Å². The summed E-state index contributed by atoms with van der Waals surface area (Å²) in [5, 5.41) is 8.32. The lowest BCUT2D eigenvalue weighted by Gasteiger charge is -2.34. The van der Waals surface area contributed by atoms with Crippen LogP contribution < -0.4 is 20.7 Å². The number of rotatable bonds is 18. The Labute approximate surface area is 272 Å². The molecule has 0 saturated carbocycles. The van der Waals surface area contributed by atoms with Gasteiger partial charge in [0.05, 0.1) is 45.3 Å². The van der Waals surface area contributed by atoms with Crippen LogP contribution in [0.15, 0.2) is 24.4 Å². The Bertz CT molecular complexity index is 1280. The average Bonchev–Trinajstić information content (AvgIpc) is 3.03. The molecule has 2 heterocycles. The number of anilines is 3. The lowest BCUT2D eigenvalue weighted by molar-refractivity contribution is -0.137. The molecule has 0 bridgehead atoms. The van der Waals surface area contributed by atoms with E-state index in [1.807, 2.05) is 13.8 Å². The van der Waals surface area contributed by atoms with Crippen molar-refractivity contribution >= 4 is 41.4 Å².